The standard InChI is InChI=1S/C3H6O3.Yb/c1-2(4)3(5)6;/h2,4H,1H3,(H,5,6);. The van der Waals surface area contributed by atoms with Gasteiger partial charge < -0.3 is 10.2 Å². The summed E-state index contributed by atoms with van der Waals surface area (Å²) in [5.74, 6) is -1.19. The van der Waals surface area contributed by atoms with E-state index < -0.39 is 12.1 Å². The number of carboxylic acids is 1. The van der Waals surface area contributed by atoms with E-state index in [1.807, 2.05) is 0 Å². The Balaban J connectivity index is 0. The van der Waals surface area contributed by atoms with Gasteiger partial charge in [-0.25, -0.2) is 4.79 Å². The number of hydrogen-bond acceptors (Lipinski definition) is 2. The summed E-state index contributed by atoms with van der Waals surface area (Å²) in [7, 11) is 0. The van der Waals surface area contributed by atoms with Crippen molar-refractivity contribution in [2.45, 2.75) is 13.0 Å². The van der Waals surface area contributed by atoms with Crippen LogP contribution in [0.2, 0.25) is 0 Å². The number of aliphatic hydroxyl groups is 1. The van der Waals surface area contributed by atoms with Crippen LogP contribution < -0.4 is 0 Å². The largest absolute Gasteiger partial charge is 0.479 e. The Labute approximate surface area is 80.0 Å². The first-order valence-electron chi connectivity index (χ1n) is 1.55. The third-order valence-corrected chi connectivity index (χ3v) is 0.357. The first-order chi connectivity index (χ1) is 2.64. The first kappa shape index (κ1) is 10.8. The van der Waals surface area contributed by atoms with Gasteiger partial charge in [-0.2, -0.15) is 0 Å². The summed E-state index contributed by atoms with van der Waals surface area (Å²) in [6.07, 6.45) is -1.23. The van der Waals surface area contributed by atoms with E-state index in [2.05, 4.69) is 0 Å². The van der Waals surface area contributed by atoms with Crippen molar-refractivity contribution in [1.82, 2.24) is 0 Å². The molecule has 50 valence electrons. The average molecular weight is 263 g/mol. The Bertz CT molecular complexity index is 61.2. The van der Waals surface area contributed by atoms with Gasteiger partial charge in [0.25, 0.3) is 0 Å². The number of hydrogen-bond donors (Lipinski definition) is 2. The molecule has 2 N–H and O–H groups in total. The quantitative estimate of drug-likeness (QED) is 0.667. The van der Waals surface area contributed by atoms with Crippen LogP contribution in [0.1, 0.15) is 6.92 Å². The second-order valence-electron chi connectivity index (χ2n) is 1.01. The second-order valence-corrected chi connectivity index (χ2v) is 1.01. The number of aliphatic carboxylic acids is 1. The van der Waals surface area contributed by atoms with Gasteiger partial charge in [0.15, 0.2) is 0 Å². The molecule has 1 unspecified atom stereocenters. The molecular formula is C3H6O3Yb. The van der Waals surface area contributed by atoms with Crippen LogP contribution in [0.3, 0.4) is 0 Å². The molecule has 0 aromatic heterocycles. The molecule has 0 aromatic carbocycles. The van der Waals surface area contributed by atoms with Crippen molar-refractivity contribution in [2.75, 3.05) is 0 Å². The van der Waals surface area contributed by atoms with Gasteiger partial charge in [-0.1, -0.05) is 0 Å². The molecule has 0 aliphatic carbocycles. The van der Waals surface area contributed by atoms with Crippen LogP contribution in [0.5, 0.6) is 0 Å². The van der Waals surface area contributed by atoms with Gasteiger partial charge in [0.1, 0.15) is 6.10 Å². The van der Waals surface area contributed by atoms with E-state index in [0.717, 1.165) is 0 Å². The summed E-state index contributed by atoms with van der Waals surface area (Å²) >= 11 is 0. The van der Waals surface area contributed by atoms with Crippen molar-refractivity contribution in [3.8, 4) is 0 Å². The van der Waals surface area contributed by atoms with Gasteiger partial charge in [0.05, 0.1) is 0 Å². The molecule has 0 fully saturated rings. The Morgan fingerprint density at radius 2 is 1.86 bits per heavy atom. The van der Waals surface area contributed by atoms with E-state index in [4.69, 9.17) is 10.2 Å². The van der Waals surface area contributed by atoms with E-state index in [-0.39, 0.29) is 46.9 Å². The van der Waals surface area contributed by atoms with Gasteiger partial charge in [-0.15, -0.1) is 0 Å². The molecule has 4 heteroatoms. The third-order valence-electron chi connectivity index (χ3n) is 0.357. The van der Waals surface area contributed by atoms with Crippen LogP contribution in [0.25, 0.3) is 0 Å². The Hall–Kier alpha value is 0.949. The van der Waals surface area contributed by atoms with Crippen LogP contribution in [-0.2, 0) is 4.79 Å². The predicted molar refractivity (Wildman–Crippen MR) is 19.3 cm³/mol. The van der Waals surface area contributed by atoms with Crippen LogP contribution >= 0.6 is 0 Å². The van der Waals surface area contributed by atoms with Gasteiger partial charge in [0, 0.05) is 46.9 Å². The van der Waals surface area contributed by atoms with Gasteiger partial charge in [-0.05, 0) is 6.92 Å². The molecule has 3 nitrogen and oxygen atoms in total. The van der Waals surface area contributed by atoms with E-state index >= 15 is 0 Å². The van der Waals surface area contributed by atoms with Crippen molar-refractivity contribution in [3.05, 3.63) is 0 Å². The molecule has 0 heterocycles. The van der Waals surface area contributed by atoms with Crippen molar-refractivity contribution >= 4 is 5.97 Å². The fourth-order valence-electron chi connectivity index (χ4n) is 0. The summed E-state index contributed by atoms with van der Waals surface area (Å²) in [6, 6.07) is 0. The molecule has 0 saturated heterocycles. The summed E-state index contributed by atoms with van der Waals surface area (Å²) in [5, 5.41) is 15.8. The molecule has 0 spiro atoms. The molecule has 7 heavy (non-hydrogen) atoms. The molecule has 1 atom stereocenters. The SMILES string of the molecule is CC(O)C(=O)O.[Yb]. The van der Waals surface area contributed by atoms with E-state index in [9.17, 15) is 4.79 Å². The van der Waals surface area contributed by atoms with Crippen molar-refractivity contribution in [3.63, 3.8) is 0 Å². The van der Waals surface area contributed by atoms with Gasteiger partial charge >= 0.3 is 5.97 Å². The predicted octanol–water partition coefficient (Wildman–Crippen LogP) is -0.548. The summed E-state index contributed by atoms with van der Waals surface area (Å²) in [6.45, 7) is 1.20. The zero-order valence-electron chi connectivity index (χ0n) is 3.65. The zero-order valence-corrected chi connectivity index (χ0v) is 5.36. The monoisotopic (exact) mass is 264 g/mol. The maximum absolute atomic E-state index is 9.45. The molecule has 0 aliphatic heterocycles. The normalized spacial score (nSPS) is 11.7. The van der Waals surface area contributed by atoms with E-state index in [0.29, 0.717) is 0 Å². The maximum atomic E-state index is 9.45. The van der Waals surface area contributed by atoms with Crippen molar-refractivity contribution < 1.29 is 61.9 Å². The molecule has 0 aliphatic rings. The molecule has 0 aromatic rings. The zero-order chi connectivity index (χ0) is 5.15. The van der Waals surface area contributed by atoms with E-state index in [1.54, 1.807) is 0 Å². The molecule has 0 rings (SSSR count). The van der Waals surface area contributed by atoms with Crippen LogP contribution in [0.15, 0.2) is 0 Å². The summed E-state index contributed by atoms with van der Waals surface area (Å²) < 4.78 is 0. The third kappa shape index (κ3) is 6.95. The number of rotatable bonds is 1. The van der Waals surface area contributed by atoms with Crippen LogP contribution in [0.4, 0.5) is 0 Å². The second kappa shape index (κ2) is 5.09. The van der Waals surface area contributed by atoms with Crippen molar-refractivity contribution in [2.24, 2.45) is 0 Å². The Kier molecular flexibility index (Phi) is 7.89. The molecule has 0 amide bonds. The number of aliphatic hydroxyl groups excluding tert-OH is 1. The minimum atomic E-state index is -1.23. The Morgan fingerprint density at radius 3 is 1.86 bits per heavy atom. The first-order valence-corrected chi connectivity index (χ1v) is 1.55. The molecular weight excluding hydrogens is 257 g/mol. The smallest absolute Gasteiger partial charge is 0.332 e. The summed E-state index contributed by atoms with van der Waals surface area (Å²) in [4.78, 5) is 9.45. The van der Waals surface area contributed by atoms with Crippen molar-refractivity contribution in [1.29, 1.82) is 0 Å². The fraction of sp³-hybridized carbons (Fsp3) is 0.667. The molecule has 0 saturated carbocycles. The topological polar surface area (TPSA) is 57.5 Å². The number of carbonyl (C=O) groups is 1. The minimum Gasteiger partial charge on any atom is -0.479 e. The molecule has 0 radical (unpaired) electrons. The van der Waals surface area contributed by atoms with Crippen LogP contribution in [-0.4, -0.2) is 22.3 Å². The average Bonchev–Trinajstić information content (AvgIpc) is 1.36. The van der Waals surface area contributed by atoms with Crippen LogP contribution in [0, 0.1) is 46.9 Å². The molecule has 0 bridgehead atoms. The van der Waals surface area contributed by atoms with Gasteiger partial charge in [0.2, 0.25) is 0 Å². The number of carboxylic acid groups (broad SMARTS) is 1. The maximum Gasteiger partial charge on any atom is 0.332 e. The summed E-state index contributed by atoms with van der Waals surface area (Å²) in [5.41, 5.74) is 0. The van der Waals surface area contributed by atoms with Gasteiger partial charge in [-0.3, -0.25) is 0 Å². The fourth-order valence-corrected chi connectivity index (χ4v) is 0. The minimum absolute atomic E-state index is 0. The Morgan fingerprint density at radius 1 is 1.71 bits per heavy atom. The van der Waals surface area contributed by atoms with E-state index in [1.165, 1.54) is 6.92 Å².